The largest absolute Gasteiger partial charge is 0.457 e. The number of rotatable bonds is 2. The number of hydrogen-bond acceptors (Lipinski definition) is 2. The Hall–Kier alpha value is -2.48. The van der Waals surface area contributed by atoms with Gasteiger partial charge in [0.1, 0.15) is 11.5 Å². The fourth-order valence-electron chi connectivity index (χ4n) is 1.64. The highest BCUT2D eigenvalue weighted by Gasteiger charge is 2.35. The van der Waals surface area contributed by atoms with Gasteiger partial charge in [0.05, 0.1) is 17.2 Å². The molecule has 0 unspecified atom stereocenters. The van der Waals surface area contributed by atoms with Gasteiger partial charge >= 0.3 is 6.18 Å². The molecule has 0 aliphatic rings. The Labute approximate surface area is 127 Å². The van der Waals surface area contributed by atoms with Crippen LogP contribution in [0.5, 0.6) is 11.5 Å². The number of hydrogen-bond donors (Lipinski definition) is 0. The van der Waals surface area contributed by atoms with Crippen LogP contribution in [-0.4, -0.2) is 0 Å². The van der Waals surface area contributed by atoms with Crippen molar-refractivity contribution >= 4 is 0 Å². The molecule has 2 aromatic rings. The van der Waals surface area contributed by atoms with Gasteiger partial charge in [-0.3, -0.25) is 0 Å². The quantitative estimate of drug-likeness (QED) is 0.712. The second-order valence-corrected chi connectivity index (χ2v) is 4.24. The van der Waals surface area contributed by atoms with Crippen LogP contribution >= 0.6 is 0 Å². The summed E-state index contributed by atoms with van der Waals surface area (Å²) >= 11 is 0. The summed E-state index contributed by atoms with van der Waals surface area (Å²) in [7, 11) is 0. The number of aryl methyl sites for hydroxylation is 1. The van der Waals surface area contributed by atoms with Crippen molar-refractivity contribution < 1.29 is 17.9 Å². The Kier molecular flexibility index (Phi) is 6.00. The molecule has 0 saturated carbocycles. The van der Waals surface area contributed by atoms with E-state index in [1.807, 2.05) is 20.8 Å². The third-order valence-electron chi connectivity index (χ3n) is 2.66. The highest BCUT2D eigenvalue weighted by atomic mass is 19.4. The highest BCUT2D eigenvalue weighted by molar-refractivity contribution is 5.45. The van der Waals surface area contributed by atoms with Crippen LogP contribution < -0.4 is 4.74 Å². The first-order valence-corrected chi connectivity index (χ1v) is 6.76. The van der Waals surface area contributed by atoms with E-state index in [-0.39, 0.29) is 11.3 Å². The molecule has 0 aliphatic carbocycles. The van der Waals surface area contributed by atoms with Gasteiger partial charge in [-0.15, -0.1) is 0 Å². The van der Waals surface area contributed by atoms with E-state index in [0.717, 1.165) is 17.7 Å². The number of alkyl halides is 3. The molecule has 0 aliphatic heterocycles. The average Bonchev–Trinajstić information content (AvgIpc) is 2.51. The number of nitriles is 1. The van der Waals surface area contributed by atoms with Crippen LogP contribution in [0, 0.1) is 18.3 Å². The molecule has 2 nitrogen and oxygen atoms in total. The van der Waals surface area contributed by atoms with Gasteiger partial charge < -0.3 is 4.74 Å². The predicted molar refractivity (Wildman–Crippen MR) is 78.8 cm³/mol. The fourth-order valence-corrected chi connectivity index (χ4v) is 1.64. The third-order valence-corrected chi connectivity index (χ3v) is 2.66. The highest BCUT2D eigenvalue weighted by Crippen LogP contribution is 2.38. The SMILES string of the molecule is CC.Cc1ccc(Oc2ccc(C#N)cc2C(F)(F)F)cc1. The van der Waals surface area contributed by atoms with E-state index < -0.39 is 11.7 Å². The molecule has 0 radical (unpaired) electrons. The maximum absolute atomic E-state index is 12.9. The van der Waals surface area contributed by atoms with Crippen molar-refractivity contribution in [3.05, 3.63) is 59.2 Å². The lowest BCUT2D eigenvalue weighted by atomic mass is 10.1. The van der Waals surface area contributed by atoms with Gasteiger partial charge in [-0.2, -0.15) is 18.4 Å². The topological polar surface area (TPSA) is 33.0 Å². The number of nitrogens with zero attached hydrogens (tertiary/aromatic N) is 1. The minimum Gasteiger partial charge on any atom is -0.457 e. The average molecular weight is 307 g/mol. The van der Waals surface area contributed by atoms with Crippen molar-refractivity contribution in [1.82, 2.24) is 0 Å². The summed E-state index contributed by atoms with van der Waals surface area (Å²) in [6.45, 7) is 5.87. The summed E-state index contributed by atoms with van der Waals surface area (Å²) < 4.78 is 44.1. The molecule has 2 aromatic carbocycles. The summed E-state index contributed by atoms with van der Waals surface area (Å²) in [5, 5.41) is 8.68. The van der Waals surface area contributed by atoms with Crippen molar-refractivity contribution in [2.45, 2.75) is 26.9 Å². The van der Waals surface area contributed by atoms with Crippen LogP contribution in [0.4, 0.5) is 13.2 Å². The molecule has 0 bridgehead atoms. The summed E-state index contributed by atoms with van der Waals surface area (Å²) in [5.74, 6) is -0.00818. The van der Waals surface area contributed by atoms with E-state index in [1.54, 1.807) is 30.3 Å². The van der Waals surface area contributed by atoms with Gasteiger partial charge in [0.2, 0.25) is 0 Å². The predicted octanol–water partition coefficient (Wildman–Crippen LogP) is 5.70. The minimum absolute atomic E-state index is 0.0615. The standard InChI is InChI=1S/C15H10F3NO.C2H6/c1-10-2-5-12(6-3-10)20-14-7-4-11(9-19)8-13(14)15(16,17)18;1-2/h2-8H,1H3;1-2H3. The van der Waals surface area contributed by atoms with Crippen LogP contribution in [0.15, 0.2) is 42.5 Å². The van der Waals surface area contributed by atoms with Gasteiger partial charge in [-0.1, -0.05) is 31.5 Å². The zero-order valence-corrected chi connectivity index (χ0v) is 12.5. The summed E-state index contributed by atoms with van der Waals surface area (Å²) in [5.41, 5.74) is -0.0427. The Morgan fingerprint density at radius 2 is 1.59 bits per heavy atom. The van der Waals surface area contributed by atoms with E-state index in [4.69, 9.17) is 10.00 Å². The van der Waals surface area contributed by atoms with Crippen molar-refractivity contribution in [3.8, 4) is 17.6 Å². The minimum atomic E-state index is -4.58. The first kappa shape index (κ1) is 17.6. The molecular formula is C17H16F3NO. The van der Waals surface area contributed by atoms with E-state index in [1.165, 1.54) is 6.07 Å². The van der Waals surface area contributed by atoms with Gasteiger partial charge in [-0.05, 0) is 37.3 Å². The fraction of sp³-hybridized carbons (Fsp3) is 0.235. The molecule has 0 spiro atoms. The first-order chi connectivity index (χ1) is 10.4. The van der Waals surface area contributed by atoms with Gasteiger partial charge in [0.25, 0.3) is 0 Å². The van der Waals surface area contributed by atoms with Crippen LogP contribution in [0.3, 0.4) is 0 Å². The molecule has 0 saturated heterocycles. The van der Waals surface area contributed by atoms with Gasteiger partial charge in [-0.25, -0.2) is 0 Å². The van der Waals surface area contributed by atoms with Gasteiger partial charge in [0, 0.05) is 0 Å². The van der Waals surface area contributed by atoms with Gasteiger partial charge in [0.15, 0.2) is 0 Å². The molecule has 0 atom stereocenters. The summed E-state index contributed by atoms with van der Waals surface area (Å²) in [4.78, 5) is 0. The Morgan fingerprint density at radius 1 is 1.00 bits per heavy atom. The smallest absolute Gasteiger partial charge is 0.420 e. The maximum Gasteiger partial charge on any atom is 0.420 e. The molecule has 2 rings (SSSR count). The number of ether oxygens (including phenoxy) is 1. The Balaban J connectivity index is 0.00000116. The van der Waals surface area contributed by atoms with E-state index >= 15 is 0 Å². The van der Waals surface area contributed by atoms with E-state index in [0.29, 0.717) is 5.75 Å². The van der Waals surface area contributed by atoms with Crippen molar-refractivity contribution in [3.63, 3.8) is 0 Å². The van der Waals surface area contributed by atoms with Crippen LogP contribution in [0.25, 0.3) is 0 Å². The lowest BCUT2D eigenvalue weighted by Crippen LogP contribution is -2.07. The van der Waals surface area contributed by atoms with Crippen LogP contribution in [0.1, 0.15) is 30.5 Å². The maximum atomic E-state index is 12.9. The third kappa shape index (κ3) is 4.52. The zero-order valence-electron chi connectivity index (χ0n) is 12.5. The Bertz CT molecular complexity index is 655. The molecule has 0 amide bonds. The second-order valence-electron chi connectivity index (χ2n) is 4.24. The molecule has 22 heavy (non-hydrogen) atoms. The molecule has 0 aromatic heterocycles. The summed E-state index contributed by atoms with van der Waals surface area (Å²) in [6.07, 6.45) is -4.58. The lowest BCUT2D eigenvalue weighted by Gasteiger charge is -2.14. The first-order valence-electron chi connectivity index (χ1n) is 6.76. The lowest BCUT2D eigenvalue weighted by molar-refractivity contribution is -0.138. The van der Waals surface area contributed by atoms with Crippen LogP contribution in [-0.2, 0) is 6.18 Å². The number of halogens is 3. The monoisotopic (exact) mass is 307 g/mol. The second kappa shape index (κ2) is 7.51. The normalized spacial score (nSPS) is 10.2. The van der Waals surface area contributed by atoms with Crippen molar-refractivity contribution in [1.29, 1.82) is 5.26 Å². The summed E-state index contributed by atoms with van der Waals surface area (Å²) in [6, 6.07) is 11.6. The Morgan fingerprint density at radius 3 is 2.09 bits per heavy atom. The molecule has 116 valence electrons. The van der Waals surface area contributed by atoms with E-state index in [9.17, 15) is 13.2 Å². The number of benzene rings is 2. The molecule has 5 heteroatoms. The van der Waals surface area contributed by atoms with E-state index in [2.05, 4.69) is 0 Å². The molecule has 0 N–H and O–H groups in total. The van der Waals surface area contributed by atoms with Crippen LogP contribution in [0.2, 0.25) is 0 Å². The molecular weight excluding hydrogens is 291 g/mol. The molecule has 0 fully saturated rings. The van der Waals surface area contributed by atoms with Crippen molar-refractivity contribution in [2.24, 2.45) is 0 Å². The zero-order chi connectivity index (χ0) is 16.8. The van der Waals surface area contributed by atoms with Crippen molar-refractivity contribution in [2.75, 3.05) is 0 Å². The molecule has 0 heterocycles.